The summed E-state index contributed by atoms with van der Waals surface area (Å²) in [6.45, 7) is -0.296. The van der Waals surface area contributed by atoms with Crippen molar-refractivity contribution in [1.29, 1.82) is 0 Å². The van der Waals surface area contributed by atoms with E-state index in [1.807, 2.05) is 0 Å². The molecule has 3 heterocycles. The number of imidazole rings is 1. The highest BCUT2D eigenvalue weighted by Crippen LogP contribution is 2.44. The Balaban J connectivity index is 2.00. The second-order valence-electron chi connectivity index (χ2n) is 6.45. The van der Waals surface area contributed by atoms with Crippen LogP contribution in [0.25, 0.3) is 0 Å². The Morgan fingerprint density at radius 3 is 2.62 bits per heavy atom. The molecule has 1 saturated heterocycles. The summed E-state index contributed by atoms with van der Waals surface area (Å²) < 4.78 is 24.4. The molecule has 1 fully saturated rings. The fraction of sp³-hybridized carbons (Fsp3) is 0.692. The first-order chi connectivity index (χ1) is 12.0. The fourth-order valence-corrected chi connectivity index (χ4v) is 3.98. The van der Waals surface area contributed by atoms with E-state index in [1.165, 1.54) is 9.47 Å². The van der Waals surface area contributed by atoms with Crippen LogP contribution in [0.5, 0.6) is 0 Å². The van der Waals surface area contributed by atoms with Gasteiger partial charge in [0.1, 0.15) is 18.3 Å². The lowest BCUT2D eigenvalue weighted by Gasteiger charge is -2.30. The summed E-state index contributed by atoms with van der Waals surface area (Å²) in [5.41, 5.74) is 0.372. The van der Waals surface area contributed by atoms with Crippen LogP contribution in [0.1, 0.15) is 16.7 Å². The molecule has 0 unspecified atom stereocenters. The molecule has 1 aromatic rings. The Labute approximate surface area is 149 Å². The van der Waals surface area contributed by atoms with E-state index in [0.717, 1.165) is 0 Å². The number of rotatable bonds is 4. The quantitative estimate of drug-likeness (QED) is 0.322. The molecule has 0 radical (unpaired) electrons. The first kappa shape index (κ1) is 19.2. The predicted octanol–water partition coefficient (Wildman–Crippen LogP) is -2.48. The summed E-state index contributed by atoms with van der Waals surface area (Å²) in [5.74, 6) is 0.265. The minimum atomic E-state index is -4.91. The van der Waals surface area contributed by atoms with Crippen LogP contribution in [-0.2, 0) is 20.9 Å². The molecule has 4 atom stereocenters. The molecule has 0 saturated carbocycles. The standard InChI is InChI=1S/C13H21N4O8P/c1-14-6-17(11-8(14)12(20)16(3)5-15(11)2)13-9(19)10(7(4-18)24-13)25-26(21,22)23/h6-7,9-10,13,18-19H,4-5H2,1-3H3,(H-,21,22,23)/p+1/t7-,9-,10-,13-/m1/s1. The number of carbonyl (C=O) groups is 1. The number of aromatic nitrogens is 2. The lowest BCUT2D eigenvalue weighted by Crippen LogP contribution is -2.48. The summed E-state index contributed by atoms with van der Waals surface area (Å²) in [6.07, 6.45) is -3.60. The summed E-state index contributed by atoms with van der Waals surface area (Å²) in [4.78, 5) is 33.8. The third kappa shape index (κ3) is 3.14. The molecular formula is C13H22N4O8P+. The Hall–Kier alpha value is -1.53. The zero-order valence-electron chi connectivity index (χ0n) is 14.5. The second kappa shape index (κ2) is 6.57. The molecule has 13 heteroatoms. The van der Waals surface area contributed by atoms with Crippen molar-refractivity contribution in [2.75, 3.05) is 32.3 Å². The highest BCUT2D eigenvalue weighted by molar-refractivity contribution is 7.46. The van der Waals surface area contributed by atoms with Crippen LogP contribution in [0.4, 0.5) is 5.82 Å². The smallest absolute Gasteiger partial charge is 0.394 e. The number of anilines is 1. The van der Waals surface area contributed by atoms with Crippen molar-refractivity contribution in [2.24, 2.45) is 7.05 Å². The van der Waals surface area contributed by atoms with E-state index in [1.54, 1.807) is 36.9 Å². The highest BCUT2D eigenvalue weighted by Gasteiger charge is 2.52. The average Bonchev–Trinajstić information content (AvgIpc) is 3.02. The number of amides is 1. The number of fused-ring (bicyclic) bond motifs is 1. The summed E-state index contributed by atoms with van der Waals surface area (Å²) in [6, 6.07) is 0. The molecule has 2 aliphatic rings. The van der Waals surface area contributed by atoms with Gasteiger partial charge in [-0.15, -0.1) is 0 Å². The molecule has 1 amide bonds. The normalized spacial score (nSPS) is 29.4. The maximum Gasteiger partial charge on any atom is 0.470 e. The van der Waals surface area contributed by atoms with E-state index in [-0.39, 0.29) is 5.91 Å². The van der Waals surface area contributed by atoms with E-state index in [0.29, 0.717) is 18.2 Å². The molecule has 3 rings (SSSR count). The average molecular weight is 393 g/mol. The summed E-state index contributed by atoms with van der Waals surface area (Å²) in [5, 5.41) is 20.0. The molecule has 4 N–H and O–H groups in total. The lowest BCUT2D eigenvalue weighted by molar-refractivity contribution is -0.673. The Morgan fingerprint density at radius 2 is 2.04 bits per heavy atom. The molecule has 0 bridgehead atoms. The molecular weight excluding hydrogens is 371 g/mol. The van der Waals surface area contributed by atoms with E-state index in [9.17, 15) is 19.6 Å². The van der Waals surface area contributed by atoms with E-state index in [4.69, 9.17) is 14.5 Å². The van der Waals surface area contributed by atoms with Crippen molar-refractivity contribution < 1.29 is 43.2 Å². The van der Waals surface area contributed by atoms with Crippen LogP contribution in [0.3, 0.4) is 0 Å². The maximum absolute atomic E-state index is 12.5. The Bertz CT molecular complexity index is 764. The van der Waals surface area contributed by atoms with Gasteiger partial charge in [0.05, 0.1) is 20.3 Å². The number of nitrogens with zero attached hydrogens (tertiary/aromatic N) is 4. The van der Waals surface area contributed by atoms with Crippen molar-refractivity contribution in [3.63, 3.8) is 0 Å². The van der Waals surface area contributed by atoms with Crippen molar-refractivity contribution in [3.05, 3.63) is 12.0 Å². The number of hydrogen-bond acceptors (Lipinski definition) is 7. The largest absolute Gasteiger partial charge is 0.470 e. The molecule has 0 aromatic carbocycles. The molecule has 0 aliphatic carbocycles. The molecule has 1 aromatic heterocycles. The van der Waals surface area contributed by atoms with Crippen LogP contribution in [0, 0.1) is 0 Å². The fourth-order valence-electron chi connectivity index (χ4n) is 3.40. The predicted molar refractivity (Wildman–Crippen MR) is 84.9 cm³/mol. The van der Waals surface area contributed by atoms with Gasteiger partial charge in [0.15, 0.2) is 0 Å². The van der Waals surface area contributed by atoms with Gasteiger partial charge in [-0.1, -0.05) is 0 Å². The number of phosphoric ester groups is 1. The molecule has 146 valence electrons. The second-order valence-corrected chi connectivity index (χ2v) is 7.64. The van der Waals surface area contributed by atoms with Crippen LogP contribution in [0.15, 0.2) is 6.33 Å². The number of phosphoric acid groups is 1. The van der Waals surface area contributed by atoms with Gasteiger partial charge in [-0.2, -0.15) is 4.57 Å². The zero-order valence-corrected chi connectivity index (χ0v) is 15.4. The van der Waals surface area contributed by atoms with Crippen LogP contribution < -0.4 is 9.47 Å². The minimum absolute atomic E-state index is 0.214. The number of aryl methyl sites for hydroxylation is 1. The van der Waals surface area contributed by atoms with Crippen LogP contribution in [0.2, 0.25) is 0 Å². The van der Waals surface area contributed by atoms with Crippen LogP contribution >= 0.6 is 7.82 Å². The lowest BCUT2D eigenvalue weighted by atomic mass is 10.1. The van der Waals surface area contributed by atoms with Crippen molar-refractivity contribution in [1.82, 2.24) is 9.47 Å². The first-order valence-electron chi connectivity index (χ1n) is 7.80. The topological polar surface area (TPSA) is 149 Å². The number of carbonyl (C=O) groups excluding carboxylic acids is 1. The zero-order chi connectivity index (χ0) is 19.4. The van der Waals surface area contributed by atoms with E-state index in [2.05, 4.69) is 4.52 Å². The summed E-state index contributed by atoms with van der Waals surface area (Å²) in [7, 11) is 0.171. The van der Waals surface area contributed by atoms with Gasteiger partial charge in [-0.25, -0.2) is 9.13 Å². The maximum atomic E-state index is 12.5. The van der Waals surface area contributed by atoms with Gasteiger partial charge < -0.3 is 34.5 Å². The monoisotopic (exact) mass is 393 g/mol. The van der Waals surface area contributed by atoms with Crippen molar-refractivity contribution >= 4 is 19.5 Å². The minimum Gasteiger partial charge on any atom is -0.394 e. The van der Waals surface area contributed by atoms with Gasteiger partial charge in [0.2, 0.25) is 12.6 Å². The first-order valence-corrected chi connectivity index (χ1v) is 9.33. The van der Waals surface area contributed by atoms with Crippen molar-refractivity contribution in [2.45, 2.75) is 24.5 Å². The van der Waals surface area contributed by atoms with Crippen molar-refractivity contribution in [3.8, 4) is 0 Å². The number of ether oxygens (including phenoxy) is 1. The molecule has 0 spiro atoms. The highest BCUT2D eigenvalue weighted by atomic mass is 31.2. The molecule has 2 aliphatic heterocycles. The van der Waals surface area contributed by atoms with E-state index < -0.39 is 39.0 Å². The Morgan fingerprint density at radius 1 is 1.38 bits per heavy atom. The molecule has 26 heavy (non-hydrogen) atoms. The van der Waals surface area contributed by atoms with Gasteiger partial charge in [0, 0.05) is 14.1 Å². The number of aliphatic hydroxyl groups is 2. The SMILES string of the molecule is CN1CN(C)c2c([n+](C)cn2[C@@H]2O[C@H](CO)[C@@H](OP(=O)(O)O)[C@H]2O)C1=O. The van der Waals surface area contributed by atoms with Gasteiger partial charge in [0.25, 0.3) is 11.5 Å². The Kier molecular flexibility index (Phi) is 4.86. The van der Waals surface area contributed by atoms with E-state index >= 15 is 0 Å². The number of aliphatic hydroxyl groups excluding tert-OH is 2. The van der Waals surface area contributed by atoms with Gasteiger partial charge in [-0.3, -0.25) is 9.32 Å². The third-order valence-electron chi connectivity index (χ3n) is 4.46. The van der Waals surface area contributed by atoms with Gasteiger partial charge in [-0.05, 0) is 0 Å². The molecule has 12 nitrogen and oxygen atoms in total. The van der Waals surface area contributed by atoms with Crippen LogP contribution in [-0.4, -0.2) is 81.1 Å². The van der Waals surface area contributed by atoms with Gasteiger partial charge >= 0.3 is 13.7 Å². The summed E-state index contributed by atoms with van der Waals surface area (Å²) >= 11 is 0. The third-order valence-corrected chi connectivity index (χ3v) is 4.98. The number of hydrogen-bond donors (Lipinski definition) is 4.